The van der Waals surface area contributed by atoms with Crippen LogP contribution in [0.1, 0.15) is 55.8 Å². The SMILES string of the molecule is CCC[C@@H](C)NC(=O)NCCCc1nn2c(C)cc(C)nc2c1C#N. The second-order valence-electron chi connectivity index (χ2n) is 6.40. The van der Waals surface area contributed by atoms with Gasteiger partial charge >= 0.3 is 6.03 Å². The highest BCUT2D eigenvalue weighted by Gasteiger charge is 2.15. The van der Waals surface area contributed by atoms with Crippen molar-refractivity contribution in [2.75, 3.05) is 6.54 Å². The first-order valence-electron chi connectivity index (χ1n) is 8.76. The third-order valence-electron chi connectivity index (χ3n) is 4.05. The summed E-state index contributed by atoms with van der Waals surface area (Å²) in [6.07, 6.45) is 3.34. The fourth-order valence-electron chi connectivity index (χ4n) is 2.89. The van der Waals surface area contributed by atoms with E-state index in [1.807, 2.05) is 26.8 Å². The summed E-state index contributed by atoms with van der Waals surface area (Å²) in [5.74, 6) is 0. The molecule has 0 unspecified atom stereocenters. The Kier molecular flexibility index (Phi) is 6.34. The number of rotatable bonds is 7. The first-order valence-corrected chi connectivity index (χ1v) is 8.76. The van der Waals surface area contributed by atoms with E-state index in [4.69, 9.17) is 0 Å². The van der Waals surface area contributed by atoms with Crippen molar-refractivity contribution in [2.45, 2.75) is 59.4 Å². The lowest BCUT2D eigenvalue weighted by Crippen LogP contribution is -2.41. The molecule has 25 heavy (non-hydrogen) atoms. The Morgan fingerprint density at radius 3 is 2.88 bits per heavy atom. The maximum Gasteiger partial charge on any atom is 0.314 e. The maximum atomic E-state index is 11.8. The molecular weight excluding hydrogens is 316 g/mol. The van der Waals surface area contributed by atoms with E-state index in [9.17, 15) is 10.1 Å². The van der Waals surface area contributed by atoms with Crippen molar-refractivity contribution < 1.29 is 4.79 Å². The van der Waals surface area contributed by atoms with Crippen LogP contribution in [0.4, 0.5) is 4.79 Å². The van der Waals surface area contributed by atoms with Crippen LogP contribution in [-0.2, 0) is 6.42 Å². The molecular formula is C18H26N6O. The minimum atomic E-state index is -0.149. The third kappa shape index (κ3) is 4.69. The molecule has 0 fully saturated rings. The molecule has 0 aliphatic rings. The highest BCUT2D eigenvalue weighted by molar-refractivity contribution is 5.74. The molecule has 0 spiro atoms. The maximum absolute atomic E-state index is 11.8. The first kappa shape index (κ1) is 18.7. The summed E-state index contributed by atoms with van der Waals surface area (Å²) in [4.78, 5) is 16.2. The number of amides is 2. The molecule has 2 amide bonds. The van der Waals surface area contributed by atoms with Crippen molar-refractivity contribution in [3.05, 3.63) is 28.7 Å². The molecule has 7 nitrogen and oxygen atoms in total. The number of carbonyl (C=O) groups is 1. The highest BCUT2D eigenvalue weighted by atomic mass is 16.2. The van der Waals surface area contributed by atoms with Gasteiger partial charge in [-0.3, -0.25) is 0 Å². The third-order valence-corrected chi connectivity index (χ3v) is 4.05. The number of hydrogen-bond donors (Lipinski definition) is 2. The number of aromatic nitrogens is 3. The van der Waals surface area contributed by atoms with Gasteiger partial charge in [-0.05, 0) is 46.1 Å². The first-order chi connectivity index (χ1) is 12.0. The number of fused-ring (bicyclic) bond motifs is 1. The van der Waals surface area contributed by atoms with E-state index in [0.29, 0.717) is 30.6 Å². The predicted octanol–water partition coefficient (Wildman–Crippen LogP) is 2.64. The minimum Gasteiger partial charge on any atom is -0.338 e. The van der Waals surface area contributed by atoms with Crippen LogP contribution in [0.5, 0.6) is 0 Å². The number of urea groups is 1. The summed E-state index contributed by atoms with van der Waals surface area (Å²) >= 11 is 0. The van der Waals surface area contributed by atoms with Crippen molar-refractivity contribution in [3.8, 4) is 6.07 Å². The van der Waals surface area contributed by atoms with Crippen LogP contribution in [0.2, 0.25) is 0 Å². The van der Waals surface area contributed by atoms with Crippen LogP contribution >= 0.6 is 0 Å². The number of nitriles is 1. The summed E-state index contributed by atoms with van der Waals surface area (Å²) in [5, 5.41) is 19.7. The van der Waals surface area contributed by atoms with Crippen LogP contribution in [0, 0.1) is 25.2 Å². The molecule has 1 atom stereocenters. The zero-order chi connectivity index (χ0) is 18.4. The molecule has 0 aromatic carbocycles. The molecule has 7 heteroatoms. The van der Waals surface area contributed by atoms with Gasteiger partial charge in [-0.1, -0.05) is 13.3 Å². The van der Waals surface area contributed by atoms with Gasteiger partial charge in [0.2, 0.25) is 0 Å². The van der Waals surface area contributed by atoms with Gasteiger partial charge in [0.15, 0.2) is 5.65 Å². The second-order valence-corrected chi connectivity index (χ2v) is 6.40. The number of nitrogens with zero attached hydrogens (tertiary/aromatic N) is 4. The summed E-state index contributed by atoms with van der Waals surface area (Å²) in [7, 11) is 0. The van der Waals surface area contributed by atoms with Gasteiger partial charge in [0, 0.05) is 24.0 Å². The number of carbonyl (C=O) groups excluding carboxylic acids is 1. The van der Waals surface area contributed by atoms with Gasteiger partial charge < -0.3 is 10.6 Å². The standard InChI is InChI=1S/C18H26N6O/c1-5-7-12(2)22-18(25)20-9-6-8-16-15(11-19)17-21-13(3)10-14(4)24(17)23-16/h10,12H,5-9H2,1-4H3,(H2,20,22,25)/t12-/m1/s1. The lowest BCUT2D eigenvalue weighted by atomic mass is 10.1. The Bertz CT molecular complexity index is 789. The minimum absolute atomic E-state index is 0.149. The van der Waals surface area contributed by atoms with Gasteiger partial charge in [0.05, 0.1) is 5.69 Å². The van der Waals surface area contributed by atoms with E-state index in [2.05, 4.69) is 33.7 Å². The molecule has 2 rings (SSSR count). The normalized spacial score (nSPS) is 12.0. The Morgan fingerprint density at radius 1 is 1.44 bits per heavy atom. The van der Waals surface area contributed by atoms with E-state index in [0.717, 1.165) is 29.9 Å². The fraction of sp³-hybridized carbons (Fsp3) is 0.556. The molecule has 0 bridgehead atoms. The largest absolute Gasteiger partial charge is 0.338 e. The summed E-state index contributed by atoms with van der Waals surface area (Å²) in [6.45, 7) is 8.48. The van der Waals surface area contributed by atoms with Crippen LogP contribution < -0.4 is 10.6 Å². The lowest BCUT2D eigenvalue weighted by molar-refractivity contribution is 0.237. The van der Waals surface area contributed by atoms with Crippen LogP contribution in [0.3, 0.4) is 0 Å². The summed E-state index contributed by atoms with van der Waals surface area (Å²) in [5.41, 5.74) is 3.67. The Balaban J connectivity index is 1.94. The molecule has 2 heterocycles. The molecule has 0 saturated heterocycles. The van der Waals surface area contributed by atoms with E-state index in [1.165, 1.54) is 0 Å². The van der Waals surface area contributed by atoms with Crippen molar-refractivity contribution in [1.82, 2.24) is 25.2 Å². The van der Waals surface area contributed by atoms with Crippen molar-refractivity contribution >= 4 is 11.7 Å². The van der Waals surface area contributed by atoms with Gasteiger partial charge in [-0.15, -0.1) is 0 Å². The average molecular weight is 342 g/mol. The molecule has 0 aliphatic heterocycles. The molecule has 134 valence electrons. The van der Waals surface area contributed by atoms with Crippen molar-refractivity contribution in [2.24, 2.45) is 0 Å². The summed E-state index contributed by atoms with van der Waals surface area (Å²) < 4.78 is 1.72. The monoisotopic (exact) mass is 342 g/mol. The Hall–Kier alpha value is -2.62. The van der Waals surface area contributed by atoms with Crippen LogP contribution in [0.25, 0.3) is 5.65 Å². The van der Waals surface area contributed by atoms with Gasteiger partial charge in [0.25, 0.3) is 0 Å². The van der Waals surface area contributed by atoms with Crippen LogP contribution in [-0.4, -0.2) is 33.2 Å². The molecule has 0 radical (unpaired) electrons. The lowest BCUT2D eigenvalue weighted by Gasteiger charge is -2.13. The van der Waals surface area contributed by atoms with Gasteiger partial charge in [-0.25, -0.2) is 14.3 Å². The van der Waals surface area contributed by atoms with Crippen molar-refractivity contribution in [3.63, 3.8) is 0 Å². The molecule has 0 aliphatic carbocycles. The number of aryl methyl sites for hydroxylation is 3. The molecule has 2 N–H and O–H groups in total. The highest BCUT2D eigenvalue weighted by Crippen LogP contribution is 2.17. The molecule has 0 saturated carbocycles. The van der Waals surface area contributed by atoms with Gasteiger partial charge in [-0.2, -0.15) is 10.4 Å². The van der Waals surface area contributed by atoms with E-state index < -0.39 is 0 Å². The summed E-state index contributed by atoms with van der Waals surface area (Å²) in [6, 6.07) is 4.18. The Morgan fingerprint density at radius 2 is 2.20 bits per heavy atom. The molecule has 2 aromatic heterocycles. The average Bonchev–Trinajstić information content (AvgIpc) is 2.89. The second kappa shape index (κ2) is 8.47. The predicted molar refractivity (Wildman–Crippen MR) is 96.4 cm³/mol. The molecule has 2 aromatic rings. The fourth-order valence-corrected chi connectivity index (χ4v) is 2.89. The van der Waals surface area contributed by atoms with E-state index in [-0.39, 0.29) is 12.1 Å². The van der Waals surface area contributed by atoms with Crippen molar-refractivity contribution in [1.29, 1.82) is 5.26 Å². The zero-order valence-electron chi connectivity index (χ0n) is 15.4. The smallest absolute Gasteiger partial charge is 0.314 e. The van der Waals surface area contributed by atoms with E-state index in [1.54, 1.807) is 4.52 Å². The van der Waals surface area contributed by atoms with Crippen LogP contribution in [0.15, 0.2) is 6.07 Å². The number of hydrogen-bond acceptors (Lipinski definition) is 4. The quantitative estimate of drug-likeness (QED) is 0.756. The Labute approximate surface area is 148 Å². The van der Waals surface area contributed by atoms with E-state index >= 15 is 0 Å². The zero-order valence-corrected chi connectivity index (χ0v) is 15.4. The topological polar surface area (TPSA) is 95.1 Å². The number of nitrogens with one attached hydrogen (secondary N) is 2. The van der Waals surface area contributed by atoms with Gasteiger partial charge in [0.1, 0.15) is 11.6 Å².